The van der Waals surface area contributed by atoms with Gasteiger partial charge in [0.15, 0.2) is 0 Å². The zero-order chi connectivity index (χ0) is 10.1. The zero-order valence-corrected chi connectivity index (χ0v) is 6.90. The molecule has 6 heteroatoms. The lowest BCUT2D eigenvalue weighted by Crippen LogP contribution is -2.54. The van der Waals surface area contributed by atoms with Crippen molar-refractivity contribution in [3.8, 4) is 0 Å². The molecular formula is C7H11F3N2O. The molecule has 1 saturated heterocycles. The van der Waals surface area contributed by atoms with E-state index in [1.165, 1.54) is 0 Å². The molecule has 0 saturated carbocycles. The molecule has 0 unspecified atom stereocenters. The Hall–Kier alpha value is -0.780. The predicted molar refractivity (Wildman–Crippen MR) is 39.8 cm³/mol. The summed E-state index contributed by atoms with van der Waals surface area (Å²) in [6, 6.07) is -1.77. The maximum absolute atomic E-state index is 12.3. The normalized spacial score (nSPS) is 30.1. The second kappa shape index (κ2) is 3.53. The van der Waals surface area contributed by atoms with Crippen molar-refractivity contribution in [2.45, 2.75) is 25.1 Å². The molecule has 0 aromatic heterocycles. The molecule has 0 aliphatic carbocycles. The zero-order valence-electron chi connectivity index (χ0n) is 6.90. The number of hydrogen-bond acceptors (Lipinski definition) is 2. The fraction of sp³-hybridized carbons (Fsp3) is 0.857. The van der Waals surface area contributed by atoms with Crippen LogP contribution in [0, 0.1) is 5.92 Å². The Labute approximate surface area is 73.5 Å². The van der Waals surface area contributed by atoms with Gasteiger partial charge in [0, 0.05) is 0 Å². The van der Waals surface area contributed by atoms with Crippen LogP contribution in [0.2, 0.25) is 0 Å². The van der Waals surface area contributed by atoms with E-state index in [4.69, 9.17) is 5.73 Å². The SMILES string of the molecule is NC(=O)[C@H]1CCCN[C@H]1C(F)(F)F. The van der Waals surface area contributed by atoms with Crippen LogP contribution in [0.1, 0.15) is 12.8 Å². The van der Waals surface area contributed by atoms with Gasteiger partial charge < -0.3 is 11.1 Å². The smallest absolute Gasteiger partial charge is 0.369 e. The third kappa shape index (κ3) is 2.33. The first-order chi connectivity index (χ1) is 5.93. The molecule has 3 N–H and O–H groups in total. The summed E-state index contributed by atoms with van der Waals surface area (Å²) in [5.74, 6) is -2.00. The Kier molecular flexibility index (Phi) is 2.80. The van der Waals surface area contributed by atoms with Crippen molar-refractivity contribution in [3.05, 3.63) is 0 Å². The number of nitrogens with one attached hydrogen (secondary N) is 1. The van der Waals surface area contributed by atoms with Crippen LogP contribution >= 0.6 is 0 Å². The average molecular weight is 196 g/mol. The van der Waals surface area contributed by atoms with Gasteiger partial charge in [0.25, 0.3) is 0 Å². The molecule has 0 bridgehead atoms. The third-order valence-corrected chi connectivity index (χ3v) is 2.18. The summed E-state index contributed by atoms with van der Waals surface area (Å²) in [7, 11) is 0. The lowest BCUT2D eigenvalue weighted by atomic mass is 9.90. The first-order valence-electron chi connectivity index (χ1n) is 4.02. The molecule has 3 nitrogen and oxygen atoms in total. The Bertz CT molecular complexity index is 204. The Morgan fingerprint density at radius 3 is 2.46 bits per heavy atom. The number of halogens is 3. The third-order valence-electron chi connectivity index (χ3n) is 2.18. The van der Waals surface area contributed by atoms with Crippen molar-refractivity contribution in [1.82, 2.24) is 5.32 Å². The average Bonchev–Trinajstić information content (AvgIpc) is 2.03. The van der Waals surface area contributed by atoms with E-state index in [-0.39, 0.29) is 13.0 Å². The highest BCUT2D eigenvalue weighted by Crippen LogP contribution is 2.30. The molecule has 0 spiro atoms. The molecular weight excluding hydrogens is 185 g/mol. The standard InChI is InChI=1S/C7H11F3N2O/c8-7(9,10)5-4(6(11)13)2-1-3-12-5/h4-5,12H,1-3H2,(H2,11,13)/t4-,5+/m0/s1. The molecule has 1 amide bonds. The first-order valence-corrected chi connectivity index (χ1v) is 4.02. The van der Waals surface area contributed by atoms with E-state index < -0.39 is 24.0 Å². The number of carbonyl (C=O) groups excluding carboxylic acids is 1. The molecule has 1 rings (SSSR count). The summed E-state index contributed by atoms with van der Waals surface area (Å²) in [4.78, 5) is 10.7. The minimum Gasteiger partial charge on any atom is -0.369 e. The Balaban J connectivity index is 2.73. The lowest BCUT2D eigenvalue weighted by molar-refractivity contribution is -0.176. The highest BCUT2D eigenvalue weighted by molar-refractivity contribution is 5.77. The van der Waals surface area contributed by atoms with Gasteiger partial charge in [-0.25, -0.2) is 0 Å². The van der Waals surface area contributed by atoms with Crippen LogP contribution in [0.5, 0.6) is 0 Å². The van der Waals surface area contributed by atoms with Crippen LogP contribution in [0.15, 0.2) is 0 Å². The summed E-state index contributed by atoms with van der Waals surface area (Å²) in [5, 5.41) is 2.26. The Morgan fingerprint density at radius 1 is 1.46 bits per heavy atom. The summed E-state index contributed by atoms with van der Waals surface area (Å²) in [5.41, 5.74) is 4.88. The van der Waals surface area contributed by atoms with Crippen molar-refractivity contribution < 1.29 is 18.0 Å². The molecule has 1 aliphatic rings. The fourth-order valence-electron chi connectivity index (χ4n) is 1.54. The van der Waals surface area contributed by atoms with E-state index in [1.54, 1.807) is 0 Å². The highest BCUT2D eigenvalue weighted by atomic mass is 19.4. The lowest BCUT2D eigenvalue weighted by Gasteiger charge is -2.31. The number of alkyl halides is 3. The highest BCUT2D eigenvalue weighted by Gasteiger charge is 2.47. The monoisotopic (exact) mass is 196 g/mol. The second-order valence-corrected chi connectivity index (χ2v) is 3.12. The van der Waals surface area contributed by atoms with Gasteiger partial charge in [-0.1, -0.05) is 0 Å². The predicted octanol–water partition coefficient (Wildman–Crippen LogP) is 0.402. The van der Waals surface area contributed by atoms with Crippen molar-refractivity contribution in [2.24, 2.45) is 11.7 Å². The van der Waals surface area contributed by atoms with Gasteiger partial charge in [0.05, 0.1) is 5.92 Å². The van der Waals surface area contributed by atoms with Gasteiger partial charge in [-0.2, -0.15) is 13.2 Å². The van der Waals surface area contributed by atoms with Crippen LogP contribution in [0.25, 0.3) is 0 Å². The van der Waals surface area contributed by atoms with Crippen molar-refractivity contribution >= 4 is 5.91 Å². The number of primary amides is 1. The first kappa shape index (κ1) is 10.3. The van der Waals surface area contributed by atoms with Gasteiger partial charge >= 0.3 is 6.18 Å². The van der Waals surface area contributed by atoms with Crippen molar-refractivity contribution in [3.63, 3.8) is 0 Å². The molecule has 0 aromatic carbocycles. The fourth-order valence-corrected chi connectivity index (χ4v) is 1.54. The number of rotatable bonds is 1. The topological polar surface area (TPSA) is 55.1 Å². The molecule has 1 fully saturated rings. The summed E-state index contributed by atoms with van der Waals surface area (Å²) < 4.78 is 36.8. The van der Waals surface area contributed by atoms with Gasteiger partial charge in [0.1, 0.15) is 6.04 Å². The minimum absolute atomic E-state index is 0.215. The maximum atomic E-state index is 12.3. The summed E-state index contributed by atoms with van der Waals surface area (Å²) in [6.45, 7) is 0.286. The largest absolute Gasteiger partial charge is 0.404 e. The van der Waals surface area contributed by atoms with Gasteiger partial charge in [0.2, 0.25) is 5.91 Å². The number of hydrogen-bond donors (Lipinski definition) is 2. The van der Waals surface area contributed by atoms with Crippen LogP contribution in [0.4, 0.5) is 13.2 Å². The van der Waals surface area contributed by atoms with Crippen LogP contribution in [-0.2, 0) is 4.79 Å². The van der Waals surface area contributed by atoms with Gasteiger partial charge in [-0.3, -0.25) is 4.79 Å². The van der Waals surface area contributed by atoms with E-state index in [9.17, 15) is 18.0 Å². The Morgan fingerprint density at radius 2 is 2.08 bits per heavy atom. The van der Waals surface area contributed by atoms with Gasteiger partial charge in [-0.05, 0) is 19.4 Å². The van der Waals surface area contributed by atoms with E-state index in [0.717, 1.165) is 0 Å². The second-order valence-electron chi connectivity index (χ2n) is 3.12. The maximum Gasteiger partial charge on any atom is 0.404 e. The van der Waals surface area contributed by atoms with Crippen LogP contribution < -0.4 is 11.1 Å². The van der Waals surface area contributed by atoms with Crippen molar-refractivity contribution in [1.29, 1.82) is 0 Å². The van der Waals surface area contributed by atoms with Gasteiger partial charge in [-0.15, -0.1) is 0 Å². The molecule has 0 aromatic rings. The van der Waals surface area contributed by atoms with E-state index in [1.807, 2.05) is 0 Å². The number of piperidine rings is 1. The number of nitrogens with two attached hydrogens (primary N) is 1. The van der Waals surface area contributed by atoms with E-state index in [0.29, 0.717) is 6.42 Å². The molecule has 2 atom stereocenters. The molecule has 76 valence electrons. The number of carbonyl (C=O) groups is 1. The van der Waals surface area contributed by atoms with E-state index >= 15 is 0 Å². The molecule has 0 radical (unpaired) electrons. The van der Waals surface area contributed by atoms with Crippen LogP contribution in [0.3, 0.4) is 0 Å². The summed E-state index contributed by atoms with van der Waals surface area (Å²) >= 11 is 0. The molecule has 1 aliphatic heterocycles. The molecule has 13 heavy (non-hydrogen) atoms. The summed E-state index contributed by atoms with van der Waals surface area (Å²) in [6.07, 6.45) is -3.62. The molecule has 1 heterocycles. The van der Waals surface area contributed by atoms with Crippen LogP contribution in [-0.4, -0.2) is 24.7 Å². The quantitative estimate of drug-likeness (QED) is 0.637. The minimum atomic E-state index is -4.39. The van der Waals surface area contributed by atoms with E-state index in [2.05, 4.69) is 5.32 Å². The number of amides is 1. The van der Waals surface area contributed by atoms with Crippen molar-refractivity contribution in [2.75, 3.05) is 6.54 Å².